The van der Waals surface area contributed by atoms with Crippen molar-refractivity contribution in [2.75, 3.05) is 0 Å². The van der Waals surface area contributed by atoms with Crippen LogP contribution in [-0.4, -0.2) is 16.2 Å². The van der Waals surface area contributed by atoms with E-state index in [0.717, 1.165) is 6.07 Å². The van der Waals surface area contributed by atoms with Crippen LogP contribution in [0.25, 0.3) is 0 Å². The Kier molecular flexibility index (Phi) is 3.59. The lowest BCUT2D eigenvalue weighted by atomic mass is 10.1. The Balaban J connectivity index is 2.12. The molecular weight excluding hydrogens is 251 g/mol. The molecule has 0 aliphatic heterocycles. The first-order valence-corrected chi connectivity index (χ1v) is 5.74. The van der Waals surface area contributed by atoms with Crippen molar-refractivity contribution in [2.45, 2.75) is 26.9 Å². The molecule has 0 aliphatic rings. The molecule has 0 saturated heterocycles. The molecule has 5 nitrogen and oxygen atoms in total. The molecule has 0 saturated carbocycles. The van der Waals surface area contributed by atoms with E-state index in [1.165, 1.54) is 6.07 Å². The predicted molar refractivity (Wildman–Crippen MR) is 64.0 cm³/mol. The summed E-state index contributed by atoms with van der Waals surface area (Å²) in [6.45, 7) is 4.95. The molecule has 0 aliphatic carbocycles. The second-order valence-corrected chi connectivity index (χ2v) is 4.22. The molecule has 0 amide bonds. The number of carbonyl (C=O) groups excluding carboxylic acids is 1. The van der Waals surface area contributed by atoms with E-state index >= 15 is 0 Å². The molecule has 0 spiro atoms. The average Bonchev–Trinajstić information content (AvgIpc) is 2.74. The number of hydrogen-bond acceptors (Lipinski definition) is 5. The van der Waals surface area contributed by atoms with E-state index in [9.17, 15) is 9.18 Å². The molecule has 1 heterocycles. The summed E-state index contributed by atoms with van der Waals surface area (Å²) in [5, 5.41) is 7.41. The van der Waals surface area contributed by atoms with Crippen LogP contribution in [-0.2, 0) is 4.74 Å². The third-order valence-corrected chi connectivity index (χ3v) is 2.45. The third-order valence-electron chi connectivity index (χ3n) is 2.45. The highest BCUT2D eigenvalue weighted by Crippen LogP contribution is 2.18. The molecule has 2 rings (SSSR count). The molecule has 6 heteroatoms. The fourth-order valence-corrected chi connectivity index (χ4v) is 1.61. The van der Waals surface area contributed by atoms with Crippen molar-refractivity contribution in [2.24, 2.45) is 0 Å². The van der Waals surface area contributed by atoms with Crippen LogP contribution in [0.5, 0.6) is 0 Å². The minimum Gasteiger partial charge on any atom is -0.449 e. The normalized spacial score (nSPS) is 12.2. The highest BCUT2D eigenvalue weighted by molar-refractivity contribution is 5.89. The summed E-state index contributed by atoms with van der Waals surface area (Å²) in [5.41, 5.74) is 0.800. The number of rotatable bonds is 3. The molecule has 2 aromatic rings. The van der Waals surface area contributed by atoms with Gasteiger partial charge in [-0.25, -0.2) is 9.18 Å². The van der Waals surface area contributed by atoms with Crippen LogP contribution in [0.2, 0.25) is 0 Å². The first-order valence-electron chi connectivity index (χ1n) is 5.74. The Bertz CT molecular complexity index is 589. The van der Waals surface area contributed by atoms with Crippen molar-refractivity contribution >= 4 is 5.97 Å². The molecular formula is C13H13FN2O3. The summed E-state index contributed by atoms with van der Waals surface area (Å²) in [6.07, 6.45) is -0.683. The van der Waals surface area contributed by atoms with Crippen molar-refractivity contribution in [3.63, 3.8) is 0 Å². The van der Waals surface area contributed by atoms with Gasteiger partial charge in [-0.1, -0.05) is 0 Å². The van der Waals surface area contributed by atoms with Gasteiger partial charge in [-0.15, -0.1) is 10.2 Å². The van der Waals surface area contributed by atoms with Crippen LogP contribution in [0.4, 0.5) is 4.39 Å². The van der Waals surface area contributed by atoms with Gasteiger partial charge in [0, 0.05) is 6.92 Å². The van der Waals surface area contributed by atoms with Gasteiger partial charge in [0.25, 0.3) is 5.89 Å². The highest BCUT2D eigenvalue weighted by Gasteiger charge is 2.19. The summed E-state index contributed by atoms with van der Waals surface area (Å²) in [5.74, 6) is -0.516. The zero-order chi connectivity index (χ0) is 14.0. The molecule has 19 heavy (non-hydrogen) atoms. The number of hydrogen-bond donors (Lipinski definition) is 0. The quantitative estimate of drug-likeness (QED) is 0.797. The Morgan fingerprint density at radius 3 is 2.63 bits per heavy atom. The summed E-state index contributed by atoms with van der Waals surface area (Å²) in [6, 6.07) is 4.01. The minimum absolute atomic E-state index is 0.153. The number of ether oxygens (including phenoxy) is 1. The Morgan fingerprint density at radius 1 is 1.32 bits per heavy atom. The Labute approximate surface area is 109 Å². The van der Waals surface area contributed by atoms with Crippen LogP contribution < -0.4 is 0 Å². The largest absolute Gasteiger partial charge is 0.449 e. The lowest BCUT2D eigenvalue weighted by molar-refractivity contribution is 0.0276. The SMILES string of the molecule is Cc1cc(F)cc(C(=O)O[C@@H](C)c2nnc(C)o2)c1. The number of nitrogens with zero attached hydrogens (tertiary/aromatic N) is 2. The summed E-state index contributed by atoms with van der Waals surface area (Å²) in [7, 11) is 0. The predicted octanol–water partition coefficient (Wildman–Crippen LogP) is 2.74. The number of aryl methyl sites for hydroxylation is 2. The number of benzene rings is 1. The fourth-order valence-electron chi connectivity index (χ4n) is 1.61. The number of esters is 1. The van der Waals surface area contributed by atoms with Crippen molar-refractivity contribution < 1.29 is 18.3 Å². The van der Waals surface area contributed by atoms with Gasteiger partial charge in [0.2, 0.25) is 5.89 Å². The molecule has 1 aromatic heterocycles. The van der Waals surface area contributed by atoms with E-state index in [1.54, 1.807) is 26.8 Å². The van der Waals surface area contributed by atoms with E-state index < -0.39 is 17.9 Å². The van der Waals surface area contributed by atoms with Gasteiger partial charge in [0.15, 0.2) is 6.10 Å². The fraction of sp³-hybridized carbons (Fsp3) is 0.308. The molecule has 1 atom stereocenters. The van der Waals surface area contributed by atoms with Crippen molar-refractivity contribution in [3.8, 4) is 0 Å². The van der Waals surface area contributed by atoms with Crippen molar-refractivity contribution in [1.82, 2.24) is 10.2 Å². The first kappa shape index (κ1) is 13.2. The first-order chi connectivity index (χ1) is 8.95. The molecule has 1 aromatic carbocycles. The van der Waals surface area contributed by atoms with Gasteiger partial charge in [-0.2, -0.15) is 0 Å². The van der Waals surface area contributed by atoms with E-state index in [2.05, 4.69) is 10.2 Å². The number of carbonyl (C=O) groups is 1. The molecule has 100 valence electrons. The average molecular weight is 264 g/mol. The highest BCUT2D eigenvalue weighted by atomic mass is 19.1. The molecule has 0 radical (unpaired) electrons. The number of aromatic nitrogens is 2. The minimum atomic E-state index is -0.683. The molecule has 0 fully saturated rings. The summed E-state index contributed by atoms with van der Waals surface area (Å²) < 4.78 is 23.5. The molecule has 0 bridgehead atoms. The molecule has 0 N–H and O–H groups in total. The van der Waals surface area contributed by atoms with Gasteiger partial charge in [-0.05, 0) is 37.6 Å². The monoisotopic (exact) mass is 264 g/mol. The zero-order valence-corrected chi connectivity index (χ0v) is 10.8. The molecule has 0 unspecified atom stereocenters. The lowest BCUT2D eigenvalue weighted by Crippen LogP contribution is -2.10. The topological polar surface area (TPSA) is 65.2 Å². The van der Waals surface area contributed by atoms with Gasteiger partial charge in [0.1, 0.15) is 5.82 Å². The second-order valence-electron chi connectivity index (χ2n) is 4.22. The van der Waals surface area contributed by atoms with Crippen LogP contribution in [0.1, 0.15) is 40.7 Å². The Morgan fingerprint density at radius 2 is 2.05 bits per heavy atom. The third kappa shape index (κ3) is 3.15. The standard InChI is InChI=1S/C13H13FN2O3/c1-7-4-10(6-11(14)5-7)13(17)18-8(2)12-16-15-9(3)19-12/h4-6,8H,1-3H3/t8-/m0/s1. The van der Waals surface area contributed by atoms with E-state index in [4.69, 9.17) is 9.15 Å². The van der Waals surface area contributed by atoms with Gasteiger partial charge in [0.05, 0.1) is 5.56 Å². The summed E-state index contributed by atoms with van der Waals surface area (Å²) >= 11 is 0. The summed E-state index contributed by atoms with van der Waals surface area (Å²) in [4.78, 5) is 11.9. The van der Waals surface area contributed by atoms with Gasteiger partial charge >= 0.3 is 5.97 Å². The van der Waals surface area contributed by atoms with Crippen molar-refractivity contribution in [3.05, 3.63) is 46.9 Å². The second kappa shape index (κ2) is 5.17. The maximum absolute atomic E-state index is 13.2. The van der Waals surface area contributed by atoms with E-state index in [1.807, 2.05) is 0 Å². The smallest absolute Gasteiger partial charge is 0.339 e. The zero-order valence-electron chi connectivity index (χ0n) is 10.8. The van der Waals surface area contributed by atoms with Crippen molar-refractivity contribution in [1.29, 1.82) is 0 Å². The maximum atomic E-state index is 13.2. The van der Waals surface area contributed by atoms with E-state index in [0.29, 0.717) is 11.5 Å². The van der Waals surface area contributed by atoms with Crippen LogP contribution in [0.3, 0.4) is 0 Å². The van der Waals surface area contributed by atoms with Crippen LogP contribution in [0.15, 0.2) is 22.6 Å². The Hall–Kier alpha value is -2.24. The van der Waals surface area contributed by atoms with E-state index in [-0.39, 0.29) is 11.5 Å². The number of halogens is 1. The van der Waals surface area contributed by atoms with Crippen LogP contribution >= 0.6 is 0 Å². The lowest BCUT2D eigenvalue weighted by Gasteiger charge is -2.09. The maximum Gasteiger partial charge on any atom is 0.339 e. The van der Waals surface area contributed by atoms with Crippen LogP contribution in [0, 0.1) is 19.7 Å². The van der Waals surface area contributed by atoms with Gasteiger partial charge < -0.3 is 9.15 Å². The van der Waals surface area contributed by atoms with Gasteiger partial charge in [-0.3, -0.25) is 0 Å².